The zero-order chi connectivity index (χ0) is 28.9. The zero-order valence-corrected chi connectivity index (χ0v) is 24.4. The minimum absolute atomic E-state index is 0.117. The SMILES string of the molecule is CC(C)CN(C(=O)c1cnc(C(C)(C)C)nc1NCc1ccco1)[C@H]1C[C@@H](CN2CCOCC2)CN(C(=O)O)C1. The van der Waals surface area contributed by atoms with E-state index in [4.69, 9.17) is 14.1 Å². The second-order valence-electron chi connectivity index (χ2n) is 12.3. The average Bonchev–Trinajstić information content (AvgIpc) is 3.43. The molecule has 4 heterocycles. The number of carbonyl (C=O) groups is 2. The number of carbonyl (C=O) groups excluding carboxylic acids is 1. The summed E-state index contributed by atoms with van der Waals surface area (Å²) >= 11 is 0. The molecule has 0 bridgehead atoms. The maximum atomic E-state index is 14.3. The van der Waals surface area contributed by atoms with Crippen molar-refractivity contribution in [3.63, 3.8) is 0 Å². The maximum absolute atomic E-state index is 14.3. The smallest absolute Gasteiger partial charge is 0.407 e. The van der Waals surface area contributed by atoms with Crippen LogP contribution in [0.5, 0.6) is 0 Å². The monoisotopic (exact) mass is 556 g/mol. The van der Waals surface area contributed by atoms with Crippen LogP contribution >= 0.6 is 0 Å². The molecule has 4 rings (SSSR count). The molecule has 0 radical (unpaired) electrons. The van der Waals surface area contributed by atoms with E-state index in [1.54, 1.807) is 12.5 Å². The Morgan fingerprint density at radius 1 is 1.23 bits per heavy atom. The number of nitrogens with one attached hydrogen (secondary N) is 1. The first-order valence-corrected chi connectivity index (χ1v) is 14.2. The number of likely N-dealkylation sites (tertiary alicyclic amines) is 1. The maximum Gasteiger partial charge on any atom is 0.407 e. The lowest BCUT2D eigenvalue weighted by molar-refractivity contribution is 0.0103. The molecule has 0 saturated carbocycles. The molecule has 0 aliphatic carbocycles. The van der Waals surface area contributed by atoms with Crippen LogP contribution in [0.1, 0.15) is 63.0 Å². The summed E-state index contributed by atoms with van der Waals surface area (Å²) in [4.78, 5) is 41.4. The first kappa shape index (κ1) is 29.8. The summed E-state index contributed by atoms with van der Waals surface area (Å²) in [5.41, 5.74) is 0.0654. The third-order valence-corrected chi connectivity index (χ3v) is 7.37. The molecule has 0 spiro atoms. The molecular weight excluding hydrogens is 512 g/mol. The molecular formula is C29H44N6O5. The Bertz CT molecular complexity index is 1130. The molecule has 0 aromatic carbocycles. The lowest BCUT2D eigenvalue weighted by Crippen LogP contribution is -2.56. The number of piperidine rings is 1. The molecule has 11 nitrogen and oxygen atoms in total. The van der Waals surface area contributed by atoms with Gasteiger partial charge in [-0.25, -0.2) is 14.8 Å². The molecule has 2 saturated heterocycles. The van der Waals surface area contributed by atoms with Gasteiger partial charge in [-0.1, -0.05) is 34.6 Å². The van der Waals surface area contributed by atoms with Gasteiger partial charge >= 0.3 is 6.09 Å². The van der Waals surface area contributed by atoms with Gasteiger partial charge in [-0.15, -0.1) is 0 Å². The Morgan fingerprint density at radius 3 is 2.60 bits per heavy atom. The van der Waals surface area contributed by atoms with Crippen LogP contribution in [-0.2, 0) is 16.7 Å². The van der Waals surface area contributed by atoms with E-state index in [9.17, 15) is 14.7 Å². The lowest BCUT2D eigenvalue weighted by atomic mass is 9.91. The highest BCUT2D eigenvalue weighted by molar-refractivity contribution is 5.98. The Hall–Kier alpha value is -3.18. The minimum Gasteiger partial charge on any atom is -0.467 e. The molecule has 40 heavy (non-hydrogen) atoms. The first-order valence-electron chi connectivity index (χ1n) is 14.2. The number of hydrogen-bond donors (Lipinski definition) is 2. The average molecular weight is 557 g/mol. The highest BCUT2D eigenvalue weighted by Crippen LogP contribution is 2.28. The number of carboxylic acid groups (broad SMARTS) is 1. The van der Waals surface area contributed by atoms with E-state index < -0.39 is 6.09 Å². The van der Waals surface area contributed by atoms with Gasteiger partial charge in [0.05, 0.1) is 32.1 Å². The minimum atomic E-state index is -0.952. The van der Waals surface area contributed by atoms with E-state index in [0.29, 0.717) is 50.1 Å². The molecule has 2 aromatic heterocycles. The van der Waals surface area contributed by atoms with Crippen molar-refractivity contribution in [1.29, 1.82) is 0 Å². The van der Waals surface area contributed by atoms with Crippen LogP contribution in [0.4, 0.5) is 10.6 Å². The second-order valence-corrected chi connectivity index (χ2v) is 12.3. The molecule has 2 atom stereocenters. The first-order chi connectivity index (χ1) is 19.0. The van der Waals surface area contributed by atoms with E-state index in [2.05, 4.69) is 29.0 Å². The van der Waals surface area contributed by atoms with Crippen molar-refractivity contribution in [3.05, 3.63) is 41.7 Å². The van der Waals surface area contributed by atoms with Gasteiger partial charge in [0.1, 0.15) is 23.0 Å². The van der Waals surface area contributed by atoms with Gasteiger partial charge in [0.2, 0.25) is 0 Å². The van der Waals surface area contributed by atoms with E-state index in [1.807, 2.05) is 37.8 Å². The number of aromatic nitrogens is 2. The van der Waals surface area contributed by atoms with Crippen molar-refractivity contribution in [1.82, 2.24) is 24.7 Å². The van der Waals surface area contributed by atoms with Gasteiger partial charge < -0.3 is 29.4 Å². The fourth-order valence-electron chi connectivity index (χ4n) is 5.40. The molecule has 2 aromatic rings. The fourth-order valence-corrected chi connectivity index (χ4v) is 5.40. The second kappa shape index (κ2) is 13.0. The van der Waals surface area contributed by atoms with Crippen LogP contribution in [-0.4, -0.2) is 100 Å². The van der Waals surface area contributed by atoms with Gasteiger partial charge in [0, 0.05) is 50.9 Å². The Kier molecular flexibility index (Phi) is 9.68. The molecule has 2 fully saturated rings. The highest BCUT2D eigenvalue weighted by Gasteiger charge is 2.37. The predicted molar refractivity (Wildman–Crippen MR) is 151 cm³/mol. The third kappa shape index (κ3) is 7.72. The van der Waals surface area contributed by atoms with Gasteiger partial charge in [-0.3, -0.25) is 9.69 Å². The number of anilines is 1. The normalized spacial score (nSPS) is 20.5. The van der Waals surface area contributed by atoms with E-state index in [0.717, 1.165) is 31.8 Å². The summed E-state index contributed by atoms with van der Waals surface area (Å²) in [5.74, 6) is 1.91. The zero-order valence-electron chi connectivity index (χ0n) is 24.4. The summed E-state index contributed by atoms with van der Waals surface area (Å²) in [5, 5.41) is 13.3. The summed E-state index contributed by atoms with van der Waals surface area (Å²) in [6.07, 6.45) is 3.00. The number of hydrogen-bond acceptors (Lipinski definition) is 8. The van der Waals surface area contributed by atoms with Crippen molar-refractivity contribution >= 4 is 17.8 Å². The highest BCUT2D eigenvalue weighted by atomic mass is 16.5. The van der Waals surface area contributed by atoms with Crippen molar-refractivity contribution < 1.29 is 23.8 Å². The Morgan fingerprint density at radius 2 is 1.98 bits per heavy atom. The number of amides is 2. The summed E-state index contributed by atoms with van der Waals surface area (Å²) in [6.45, 7) is 15.7. The quantitative estimate of drug-likeness (QED) is 0.475. The van der Waals surface area contributed by atoms with Crippen molar-refractivity contribution in [2.45, 2.75) is 59.0 Å². The van der Waals surface area contributed by atoms with Gasteiger partial charge in [0.25, 0.3) is 5.91 Å². The predicted octanol–water partition coefficient (Wildman–Crippen LogP) is 3.78. The van der Waals surface area contributed by atoms with Crippen LogP contribution in [0, 0.1) is 11.8 Å². The number of nitrogens with zero attached hydrogens (tertiary/aromatic N) is 5. The molecule has 2 aliphatic heterocycles. The molecule has 220 valence electrons. The largest absolute Gasteiger partial charge is 0.467 e. The number of rotatable bonds is 9. The van der Waals surface area contributed by atoms with Crippen molar-refractivity contribution in [2.75, 3.05) is 57.8 Å². The molecule has 11 heteroatoms. The third-order valence-electron chi connectivity index (χ3n) is 7.37. The standard InChI is InChI=1S/C29H44N6O5/c1-20(2)16-35(22-13-21(18-34(19-22)28(37)38)17-33-8-11-39-12-9-33)26(36)24-15-31-27(29(3,4)5)32-25(24)30-14-23-7-6-10-40-23/h6-7,10,15,20-22H,8-9,11-14,16-19H2,1-5H3,(H,37,38)(H,30,31,32)/t21-,22-/m0/s1. The van der Waals surface area contributed by atoms with Crippen LogP contribution < -0.4 is 5.32 Å². The summed E-state index contributed by atoms with van der Waals surface area (Å²) < 4.78 is 11.0. The Balaban J connectivity index is 1.63. The number of morpholine rings is 1. The lowest BCUT2D eigenvalue weighted by Gasteiger charge is -2.44. The van der Waals surface area contributed by atoms with Gasteiger partial charge in [-0.2, -0.15) is 0 Å². The van der Waals surface area contributed by atoms with Gasteiger partial charge in [-0.05, 0) is 30.4 Å². The Labute approximate surface area is 236 Å². The topological polar surface area (TPSA) is 124 Å². The van der Waals surface area contributed by atoms with Crippen molar-refractivity contribution in [2.24, 2.45) is 11.8 Å². The fraction of sp³-hybridized carbons (Fsp3) is 0.655. The molecule has 0 unspecified atom stereocenters. The molecule has 2 amide bonds. The van der Waals surface area contributed by atoms with E-state index in [-0.39, 0.29) is 35.7 Å². The van der Waals surface area contributed by atoms with Gasteiger partial charge in [0.15, 0.2) is 0 Å². The van der Waals surface area contributed by atoms with Crippen LogP contribution in [0.15, 0.2) is 29.0 Å². The summed E-state index contributed by atoms with van der Waals surface area (Å²) in [6, 6.07) is 3.42. The summed E-state index contributed by atoms with van der Waals surface area (Å²) in [7, 11) is 0. The van der Waals surface area contributed by atoms with Crippen molar-refractivity contribution in [3.8, 4) is 0 Å². The van der Waals surface area contributed by atoms with Crippen LogP contribution in [0.25, 0.3) is 0 Å². The van der Waals surface area contributed by atoms with Crippen LogP contribution in [0.3, 0.4) is 0 Å². The molecule has 2 aliphatic rings. The van der Waals surface area contributed by atoms with E-state index in [1.165, 1.54) is 4.90 Å². The number of furan rings is 1. The number of ether oxygens (including phenoxy) is 1. The van der Waals surface area contributed by atoms with Crippen LogP contribution in [0.2, 0.25) is 0 Å². The van der Waals surface area contributed by atoms with E-state index >= 15 is 0 Å². The molecule has 2 N–H and O–H groups in total.